The van der Waals surface area contributed by atoms with Gasteiger partial charge in [-0.3, -0.25) is 0 Å². The smallest absolute Gasteiger partial charge is 0.175 e. The zero-order valence-electron chi connectivity index (χ0n) is 12.5. The molecular weight excluding hydrogens is 290 g/mol. The quantitative estimate of drug-likeness (QED) is 0.856. The van der Waals surface area contributed by atoms with Gasteiger partial charge < -0.3 is 15.2 Å². The minimum atomic E-state index is -3.20. The fourth-order valence-electron chi connectivity index (χ4n) is 2.47. The van der Waals surface area contributed by atoms with Crippen LogP contribution in [0.3, 0.4) is 0 Å². The van der Waals surface area contributed by atoms with Crippen molar-refractivity contribution in [2.24, 2.45) is 0 Å². The Hall–Kier alpha value is -0.950. The number of hydrogen-bond donors (Lipinski definition) is 2. The van der Waals surface area contributed by atoms with Gasteiger partial charge in [0, 0.05) is 24.9 Å². The van der Waals surface area contributed by atoms with Gasteiger partial charge in [-0.05, 0) is 37.5 Å². The molecule has 1 aromatic rings. The summed E-state index contributed by atoms with van der Waals surface area (Å²) in [4.78, 5) is 0.263. The SMILES string of the molecule is CC1(NCC(O)c2ccc(S(C)(=O)=O)cc2)CCCOC1. The van der Waals surface area contributed by atoms with E-state index >= 15 is 0 Å². The molecule has 1 aromatic carbocycles. The zero-order chi connectivity index (χ0) is 15.5. The van der Waals surface area contributed by atoms with Crippen LogP contribution in [0.5, 0.6) is 0 Å². The molecule has 5 nitrogen and oxygen atoms in total. The number of hydrogen-bond acceptors (Lipinski definition) is 5. The summed E-state index contributed by atoms with van der Waals surface area (Å²) in [6.45, 7) is 3.95. The van der Waals surface area contributed by atoms with Crippen LogP contribution in [0.15, 0.2) is 29.2 Å². The maximum atomic E-state index is 11.4. The molecular formula is C15H23NO4S. The van der Waals surface area contributed by atoms with E-state index in [1.54, 1.807) is 12.1 Å². The summed E-state index contributed by atoms with van der Waals surface area (Å²) in [5.74, 6) is 0. The van der Waals surface area contributed by atoms with Crippen molar-refractivity contribution in [1.82, 2.24) is 5.32 Å². The summed E-state index contributed by atoms with van der Waals surface area (Å²) >= 11 is 0. The molecule has 0 saturated carbocycles. The summed E-state index contributed by atoms with van der Waals surface area (Å²) in [6.07, 6.45) is 2.54. The van der Waals surface area contributed by atoms with Crippen molar-refractivity contribution in [2.45, 2.75) is 36.3 Å². The second kappa shape index (κ2) is 6.44. The third-order valence-corrected chi connectivity index (χ3v) is 4.98. The van der Waals surface area contributed by atoms with Crippen LogP contribution in [0.2, 0.25) is 0 Å². The lowest BCUT2D eigenvalue weighted by molar-refractivity contribution is 0.0221. The second-order valence-corrected chi connectivity index (χ2v) is 7.97. The number of benzene rings is 1. The fraction of sp³-hybridized carbons (Fsp3) is 0.600. The van der Waals surface area contributed by atoms with Crippen molar-refractivity contribution in [2.75, 3.05) is 26.0 Å². The molecule has 0 bridgehead atoms. The third kappa shape index (κ3) is 4.51. The highest BCUT2D eigenvalue weighted by molar-refractivity contribution is 7.90. The van der Waals surface area contributed by atoms with Gasteiger partial charge in [0.2, 0.25) is 0 Å². The minimum Gasteiger partial charge on any atom is -0.387 e. The summed E-state index contributed by atoms with van der Waals surface area (Å²) in [5.41, 5.74) is 0.599. The van der Waals surface area contributed by atoms with Crippen molar-refractivity contribution >= 4 is 9.84 Å². The Kier molecular flexibility index (Phi) is 5.03. The summed E-state index contributed by atoms with van der Waals surface area (Å²) in [5, 5.41) is 13.6. The maximum Gasteiger partial charge on any atom is 0.175 e. The van der Waals surface area contributed by atoms with Crippen LogP contribution in [-0.4, -0.2) is 45.1 Å². The Morgan fingerprint density at radius 1 is 1.38 bits per heavy atom. The molecule has 0 aromatic heterocycles. The zero-order valence-corrected chi connectivity index (χ0v) is 13.3. The van der Waals surface area contributed by atoms with Crippen molar-refractivity contribution in [3.05, 3.63) is 29.8 Å². The van der Waals surface area contributed by atoms with Crippen LogP contribution in [0.25, 0.3) is 0 Å². The molecule has 1 fully saturated rings. The molecule has 1 heterocycles. The highest BCUT2D eigenvalue weighted by Gasteiger charge is 2.27. The average molecular weight is 313 g/mol. The third-order valence-electron chi connectivity index (χ3n) is 3.85. The first-order chi connectivity index (χ1) is 9.80. The lowest BCUT2D eigenvalue weighted by Crippen LogP contribution is -2.50. The summed E-state index contributed by atoms with van der Waals surface area (Å²) in [7, 11) is -3.20. The molecule has 2 unspecified atom stereocenters. The second-order valence-electron chi connectivity index (χ2n) is 5.95. The highest BCUT2D eigenvalue weighted by atomic mass is 32.2. The number of sulfone groups is 1. The number of aliphatic hydroxyl groups excluding tert-OH is 1. The average Bonchev–Trinajstić information content (AvgIpc) is 2.45. The Morgan fingerprint density at radius 2 is 2.05 bits per heavy atom. The van der Waals surface area contributed by atoms with Crippen molar-refractivity contribution < 1.29 is 18.3 Å². The molecule has 1 saturated heterocycles. The molecule has 0 spiro atoms. The first-order valence-corrected chi connectivity index (χ1v) is 9.00. The first-order valence-electron chi connectivity index (χ1n) is 7.11. The Labute approximate surface area is 126 Å². The lowest BCUT2D eigenvalue weighted by atomic mass is 9.94. The molecule has 0 amide bonds. The number of aliphatic hydroxyl groups is 1. The van der Waals surface area contributed by atoms with Crippen LogP contribution in [0, 0.1) is 0 Å². The van der Waals surface area contributed by atoms with Crippen molar-refractivity contribution in [3.63, 3.8) is 0 Å². The summed E-state index contributed by atoms with van der Waals surface area (Å²) in [6, 6.07) is 6.36. The first kappa shape index (κ1) is 16.4. The fourth-order valence-corrected chi connectivity index (χ4v) is 3.10. The molecule has 21 heavy (non-hydrogen) atoms. The Bertz CT molecular complexity index is 562. The lowest BCUT2D eigenvalue weighted by Gasteiger charge is -2.35. The van der Waals surface area contributed by atoms with E-state index in [0.717, 1.165) is 19.4 Å². The molecule has 1 aliphatic heterocycles. The van der Waals surface area contributed by atoms with Gasteiger partial charge >= 0.3 is 0 Å². The minimum absolute atomic E-state index is 0.105. The normalized spacial score (nSPS) is 24.7. The molecule has 118 valence electrons. The summed E-state index contributed by atoms with van der Waals surface area (Å²) < 4.78 is 28.3. The van der Waals surface area contributed by atoms with E-state index in [0.29, 0.717) is 18.7 Å². The van der Waals surface area contributed by atoms with E-state index in [9.17, 15) is 13.5 Å². The van der Waals surface area contributed by atoms with Gasteiger partial charge in [-0.15, -0.1) is 0 Å². The topological polar surface area (TPSA) is 75.6 Å². The predicted molar refractivity (Wildman–Crippen MR) is 81.0 cm³/mol. The number of β-amino-alcohol motifs (C(OH)–C–C–N with tert-alkyl or cyclic N) is 1. The highest BCUT2D eigenvalue weighted by Crippen LogP contribution is 2.21. The number of rotatable bonds is 5. The van der Waals surface area contributed by atoms with Gasteiger partial charge in [0.25, 0.3) is 0 Å². The van der Waals surface area contributed by atoms with Gasteiger partial charge in [0.05, 0.1) is 17.6 Å². The Balaban J connectivity index is 1.95. The molecule has 0 aliphatic carbocycles. The predicted octanol–water partition coefficient (Wildman–Crippen LogP) is 1.28. The molecule has 2 N–H and O–H groups in total. The molecule has 1 aliphatic rings. The molecule has 2 rings (SSSR count). The standard InChI is InChI=1S/C15H23NO4S/c1-15(8-3-9-20-11-15)16-10-14(17)12-4-6-13(7-5-12)21(2,18)19/h4-7,14,16-17H,3,8-11H2,1-2H3. The van der Waals surface area contributed by atoms with E-state index in [4.69, 9.17) is 4.74 Å². The van der Waals surface area contributed by atoms with E-state index in [2.05, 4.69) is 12.2 Å². The van der Waals surface area contributed by atoms with Crippen LogP contribution in [-0.2, 0) is 14.6 Å². The molecule has 0 radical (unpaired) electrons. The Morgan fingerprint density at radius 3 is 2.57 bits per heavy atom. The number of nitrogens with one attached hydrogen (secondary N) is 1. The van der Waals surface area contributed by atoms with E-state index in [1.165, 1.54) is 18.4 Å². The van der Waals surface area contributed by atoms with Gasteiger partial charge in [0.15, 0.2) is 9.84 Å². The molecule has 6 heteroatoms. The maximum absolute atomic E-state index is 11.4. The van der Waals surface area contributed by atoms with Gasteiger partial charge in [0.1, 0.15) is 0 Å². The monoisotopic (exact) mass is 313 g/mol. The van der Waals surface area contributed by atoms with Gasteiger partial charge in [-0.25, -0.2) is 8.42 Å². The van der Waals surface area contributed by atoms with Crippen LogP contribution < -0.4 is 5.32 Å². The van der Waals surface area contributed by atoms with Crippen molar-refractivity contribution in [1.29, 1.82) is 0 Å². The van der Waals surface area contributed by atoms with E-state index in [-0.39, 0.29) is 10.4 Å². The van der Waals surface area contributed by atoms with Crippen LogP contribution in [0.4, 0.5) is 0 Å². The largest absolute Gasteiger partial charge is 0.387 e. The molecule has 2 atom stereocenters. The van der Waals surface area contributed by atoms with Gasteiger partial charge in [-0.1, -0.05) is 12.1 Å². The number of ether oxygens (including phenoxy) is 1. The van der Waals surface area contributed by atoms with Crippen LogP contribution in [0.1, 0.15) is 31.4 Å². The van der Waals surface area contributed by atoms with E-state index in [1.807, 2.05) is 0 Å². The van der Waals surface area contributed by atoms with Crippen LogP contribution >= 0.6 is 0 Å². The van der Waals surface area contributed by atoms with Gasteiger partial charge in [-0.2, -0.15) is 0 Å². The van der Waals surface area contributed by atoms with E-state index < -0.39 is 15.9 Å². The van der Waals surface area contributed by atoms with Crippen molar-refractivity contribution in [3.8, 4) is 0 Å².